The molecule has 0 spiro atoms. The van der Waals surface area contributed by atoms with Crippen LogP contribution in [-0.2, 0) is 24.0 Å². The minimum absolute atomic E-state index is 0.0991. The standard InChI is InChI=1S/C17H11ClFNO9/c1-7(21)26-6-27-15-10(18)5-8-4-9(16(24)28-14(8)13(15)19)17(25)29-20-11(22)2-3-12(20)23/h4-5H,2-3,6H2,1H3. The summed E-state index contributed by atoms with van der Waals surface area (Å²) in [4.78, 5) is 62.7. The first-order chi connectivity index (χ1) is 13.7. The number of imide groups is 1. The second kappa shape index (κ2) is 7.87. The van der Waals surface area contributed by atoms with Gasteiger partial charge >= 0.3 is 17.6 Å². The highest BCUT2D eigenvalue weighted by Gasteiger charge is 2.34. The summed E-state index contributed by atoms with van der Waals surface area (Å²) in [6, 6.07) is 2.06. The molecule has 0 N–H and O–H groups in total. The minimum Gasteiger partial charge on any atom is -0.453 e. The van der Waals surface area contributed by atoms with Gasteiger partial charge in [0.1, 0.15) is 5.56 Å². The van der Waals surface area contributed by atoms with E-state index in [1.165, 1.54) is 0 Å². The highest BCUT2D eigenvalue weighted by atomic mass is 35.5. The molecule has 29 heavy (non-hydrogen) atoms. The smallest absolute Gasteiger partial charge is 0.371 e. The van der Waals surface area contributed by atoms with Crippen molar-refractivity contribution in [3.05, 3.63) is 39.0 Å². The number of hydrogen-bond acceptors (Lipinski definition) is 9. The lowest BCUT2D eigenvalue weighted by molar-refractivity contribution is -0.172. The summed E-state index contributed by atoms with van der Waals surface area (Å²) in [5, 5.41) is -0.107. The summed E-state index contributed by atoms with van der Waals surface area (Å²) >= 11 is 5.93. The van der Waals surface area contributed by atoms with Gasteiger partial charge in [-0.1, -0.05) is 11.6 Å². The lowest BCUT2D eigenvalue weighted by Gasteiger charge is -2.13. The fourth-order valence-electron chi connectivity index (χ4n) is 2.41. The number of benzene rings is 1. The van der Waals surface area contributed by atoms with Gasteiger partial charge in [0.05, 0.1) is 5.02 Å². The predicted molar refractivity (Wildman–Crippen MR) is 91.2 cm³/mol. The molecule has 2 amide bonds. The van der Waals surface area contributed by atoms with Gasteiger partial charge in [-0.3, -0.25) is 14.4 Å². The van der Waals surface area contributed by atoms with E-state index in [4.69, 9.17) is 20.8 Å². The Bertz CT molecular complexity index is 1090. The molecule has 3 rings (SSSR count). The summed E-state index contributed by atoms with van der Waals surface area (Å²) in [5.41, 5.74) is -2.55. The van der Waals surface area contributed by atoms with Gasteiger partial charge in [-0.2, -0.15) is 4.39 Å². The van der Waals surface area contributed by atoms with E-state index in [1.54, 1.807) is 0 Å². The molecule has 0 atom stereocenters. The number of hydrogen-bond donors (Lipinski definition) is 0. The van der Waals surface area contributed by atoms with Crippen molar-refractivity contribution in [1.82, 2.24) is 5.06 Å². The zero-order valence-corrected chi connectivity index (χ0v) is 15.4. The Labute approximate surface area is 165 Å². The van der Waals surface area contributed by atoms with Gasteiger partial charge in [0.2, 0.25) is 12.6 Å². The van der Waals surface area contributed by atoms with E-state index >= 15 is 0 Å². The van der Waals surface area contributed by atoms with Gasteiger partial charge in [0.25, 0.3) is 11.8 Å². The van der Waals surface area contributed by atoms with E-state index in [0.717, 1.165) is 19.1 Å². The summed E-state index contributed by atoms with van der Waals surface area (Å²) < 4.78 is 28.9. The molecule has 1 aromatic heterocycles. The highest BCUT2D eigenvalue weighted by molar-refractivity contribution is 6.32. The van der Waals surface area contributed by atoms with Crippen LogP contribution >= 0.6 is 11.6 Å². The average molecular weight is 428 g/mol. The van der Waals surface area contributed by atoms with Crippen molar-refractivity contribution in [1.29, 1.82) is 0 Å². The molecule has 0 unspecified atom stereocenters. The van der Waals surface area contributed by atoms with Crippen LogP contribution in [0.5, 0.6) is 5.75 Å². The van der Waals surface area contributed by atoms with Crippen molar-refractivity contribution < 1.29 is 42.3 Å². The third-order valence-electron chi connectivity index (χ3n) is 3.74. The zero-order valence-electron chi connectivity index (χ0n) is 14.7. The second-order valence-corrected chi connectivity index (χ2v) is 6.13. The number of fused-ring (bicyclic) bond motifs is 1. The number of carbonyl (C=O) groups is 4. The number of hydroxylamine groups is 2. The molecule has 0 saturated carbocycles. The summed E-state index contributed by atoms with van der Waals surface area (Å²) in [6.07, 6.45) is -0.259. The first-order valence-corrected chi connectivity index (χ1v) is 8.37. The molecular formula is C17H11ClFNO9. The topological polar surface area (TPSA) is 129 Å². The van der Waals surface area contributed by atoms with E-state index in [0.29, 0.717) is 0 Å². The average Bonchev–Trinajstić information content (AvgIpc) is 2.96. The maximum absolute atomic E-state index is 14.6. The maximum Gasteiger partial charge on any atom is 0.371 e. The van der Waals surface area contributed by atoms with Crippen LogP contribution in [0.25, 0.3) is 11.0 Å². The predicted octanol–water partition coefficient (Wildman–Crippen LogP) is 1.71. The molecule has 10 nitrogen and oxygen atoms in total. The van der Waals surface area contributed by atoms with E-state index in [9.17, 15) is 28.4 Å². The van der Waals surface area contributed by atoms with Gasteiger partial charge in [0.15, 0.2) is 11.3 Å². The number of halogens is 2. The quantitative estimate of drug-likeness (QED) is 0.303. The molecule has 0 radical (unpaired) electrons. The third kappa shape index (κ3) is 4.04. The third-order valence-corrected chi connectivity index (χ3v) is 4.02. The molecule has 1 fully saturated rings. The van der Waals surface area contributed by atoms with Crippen molar-refractivity contribution in [2.45, 2.75) is 19.8 Å². The van der Waals surface area contributed by atoms with Crippen molar-refractivity contribution in [2.24, 2.45) is 0 Å². The molecule has 2 heterocycles. The Morgan fingerprint density at radius 1 is 1.21 bits per heavy atom. The Morgan fingerprint density at radius 2 is 1.86 bits per heavy atom. The van der Waals surface area contributed by atoms with Crippen LogP contribution in [0, 0.1) is 5.82 Å². The molecule has 12 heteroatoms. The first kappa shape index (κ1) is 20.3. The molecule has 1 aliphatic heterocycles. The number of rotatable bonds is 5. The molecule has 1 aliphatic rings. The number of amides is 2. The number of esters is 1. The van der Waals surface area contributed by atoms with Crippen LogP contribution in [0.15, 0.2) is 21.3 Å². The Kier molecular flexibility index (Phi) is 5.50. The SMILES string of the molecule is CC(=O)OCOc1c(Cl)cc2cc(C(=O)ON3C(=O)CCC3=O)c(=O)oc2c1F. The molecule has 152 valence electrons. The van der Waals surface area contributed by atoms with Crippen LogP contribution in [0.3, 0.4) is 0 Å². The van der Waals surface area contributed by atoms with Crippen LogP contribution < -0.4 is 10.4 Å². The number of ether oxygens (including phenoxy) is 2. The Balaban J connectivity index is 1.93. The summed E-state index contributed by atoms with van der Waals surface area (Å²) in [7, 11) is 0. The molecule has 2 aromatic rings. The monoisotopic (exact) mass is 427 g/mol. The Hall–Kier alpha value is -3.47. The molecular weight excluding hydrogens is 417 g/mol. The van der Waals surface area contributed by atoms with E-state index in [-0.39, 0.29) is 28.3 Å². The normalized spacial score (nSPS) is 13.7. The first-order valence-electron chi connectivity index (χ1n) is 7.99. The van der Waals surface area contributed by atoms with Crippen LogP contribution in [0.4, 0.5) is 4.39 Å². The van der Waals surface area contributed by atoms with Crippen LogP contribution in [0.2, 0.25) is 5.02 Å². The van der Waals surface area contributed by atoms with Gasteiger partial charge in [-0.15, -0.1) is 5.06 Å². The lowest BCUT2D eigenvalue weighted by Crippen LogP contribution is -2.33. The zero-order chi connectivity index (χ0) is 21.3. The van der Waals surface area contributed by atoms with Crippen molar-refractivity contribution in [2.75, 3.05) is 6.79 Å². The Morgan fingerprint density at radius 3 is 2.48 bits per heavy atom. The minimum atomic E-state index is -1.34. The van der Waals surface area contributed by atoms with Crippen LogP contribution in [0.1, 0.15) is 30.1 Å². The van der Waals surface area contributed by atoms with Gasteiger partial charge in [0, 0.05) is 25.2 Å². The number of carbonyl (C=O) groups excluding carboxylic acids is 4. The van der Waals surface area contributed by atoms with E-state index < -0.39 is 58.9 Å². The van der Waals surface area contributed by atoms with Crippen molar-refractivity contribution in [3.8, 4) is 5.75 Å². The summed E-state index contributed by atoms with van der Waals surface area (Å²) in [5.74, 6) is -5.19. The fraction of sp³-hybridized carbons (Fsp3) is 0.235. The molecule has 1 saturated heterocycles. The summed E-state index contributed by atoms with van der Waals surface area (Å²) in [6.45, 7) is 0.481. The largest absolute Gasteiger partial charge is 0.453 e. The second-order valence-electron chi connectivity index (χ2n) is 5.73. The van der Waals surface area contributed by atoms with Crippen LogP contribution in [-0.4, -0.2) is 35.6 Å². The fourth-order valence-corrected chi connectivity index (χ4v) is 2.67. The van der Waals surface area contributed by atoms with E-state index in [1.807, 2.05) is 0 Å². The van der Waals surface area contributed by atoms with Gasteiger partial charge in [-0.25, -0.2) is 9.59 Å². The van der Waals surface area contributed by atoms with Crippen molar-refractivity contribution in [3.63, 3.8) is 0 Å². The van der Waals surface area contributed by atoms with Gasteiger partial charge in [-0.05, 0) is 12.1 Å². The highest BCUT2D eigenvalue weighted by Crippen LogP contribution is 2.34. The lowest BCUT2D eigenvalue weighted by atomic mass is 10.1. The maximum atomic E-state index is 14.6. The van der Waals surface area contributed by atoms with Crippen molar-refractivity contribution >= 4 is 46.3 Å². The molecule has 1 aromatic carbocycles. The van der Waals surface area contributed by atoms with E-state index in [2.05, 4.69) is 9.57 Å². The van der Waals surface area contributed by atoms with Gasteiger partial charge < -0.3 is 18.7 Å². The molecule has 0 aliphatic carbocycles. The number of nitrogens with zero attached hydrogens (tertiary/aromatic N) is 1. The molecule has 0 bridgehead atoms.